The minimum absolute atomic E-state index is 0.987. The summed E-state index contributed by atoms with van der Waals surface area (Å²) in [6.07, 6.45) is -6.67. The summed E-state index contributed by atoms with van der Waals surface area (Å²) in [5.74, 6) is -5.67. The average Bonchev–Trinajstić information content (AvgIpc) is 2.24. The van der Waals surface area contributed by atoms with Gasteiger partial charge >= 0.3 is 11.8 Å². The molecule has 9 nitrogen and oxygen atoms in total. The van der Waals surface area contributed by atoms with Crippen LogP contribution in [-0.4, -0.2) is 72.6 Å². The van der Waals surface area contributed by atoms with Gasteiger partial charge in [0.2, 0.25) is 0 Å². The van der Waals surface area contributed by atoms with Crippen LogP contribution in [-0.2, 0) is 9.68 Å². The maximum Gasteiger partial charge on any atom is 0.370 e. The highest BCUT2D eigenvalue weighted by Gasteiger charge is 2.51. The first-order valence-corrected chi connectivity index (χ1v) is 3.74. The van der Waals surface area contributed by atoms with Crippen LogP contribution >= 0.6 is 0 Å². The summed E-state index contributed by atoms with van der Waals surface area (Å²) in [5.41, 5.74) is 0. The van der Waals surface area contributed by atoms with Crippen molar-refractivity contribution in [3.8, 4) is 0 Å². The van der Waals surface area contributed by atoms with Crippen LogP contribution in [0.1, 0.15) is 0 Å². The van der Waals surface area contributed by atoms with Crippen molar-refractivity contribution in [1.82, 2.24) is 0 Å². The van der Waals surface area contributed by atoms with Gasteiger partial charge in [0.1, 0.15) is 12.2 Å². The first-order chi connectivity index (χ1) is 6.81. The lowest BCUT2D eigenvalue weighted by Crippen LogP contribution is -2.59. The quantitative estimate of drug-likeness (QED) is 0.137. The zero-order chi connectivity index (χ0) is 12.2. The maximum absolute atomic E-state index is 10.4. The van der Waals surface area contributed by atoms with Crippen LogP contribution < -0.4 is 0 Å². The molecule has 0 aromatic heterocycles. The molecule has 0 rings (SSSR count). The van der Waals surface area contributed by atoms with Gasteiger partial charge in [-0.1, -0.05) is 0 Å². The monoisotopic (exact) mass is 228 g/mol. The van der Waals surface area contributed by atoms with Crippen LogP contribution in [0.2, 0.25) is 0 Å². The molecule has 0 aliphatic carbocycles. The van der Waals surface area contributed by atoms with Crippen molar-refractivity contribution in [2.75, 3.05) is 6.61 Å². The molecule has 0 spiro atoms. The van der Waals surface area contributed by atoms with E-state index >= 15 is 0 Å². The van der Waals surface area contributed by atoms with Gasteiger partial charge in [-0.2, -0.15) is 4.89 Å². The highest BCUT2D eigenvalue weighted by atomic mass is 17.1. The highest BCUT2D eigenvalue weighted by molar-refractivity contribution is 5.76. The van der Waals surface area contributed by atoms with Gasteiger partial charge in [0.15, 0.2) is 6.10 Å². The number of carboxylic acid groups (broad SMARTS) is 1. The molecule has 0 amide bonds. The van der Waals surface area contributed by atoms with Gasteiger partial charge in [-0.3, -0.25) is 0 Å². The summed E-state index contributed by atoms with van der Waals surface area (Å²) in [5, 5.41) is 60.8. The molecule has 0 radical (unpaired) electrons. The van der Waals surface area contributed by atoms with Crippen LogP contribution in [0, 0.1) is 0 Å². The Morgan fingerprint density at radius 1 is 1.33 bits per heavy atom. The van der Waals surface area contributed by atoms with Crippen molar-refractivity contribution in [3.05, 3.63) is 0 Å². The molecule has 90 valence electrons. The van der Waals surface area contributed by atoms with Crippen molar-refractivity contribution in [2.45, 2.75) is 24.1 Å². The fraction of sp³-hybridized carbons (Fsp3) is 0.833. The second-order valence-corrected chi connectivity index (χ2v) is 2.78. The van der Waals surface area contributed by atoms with Gasteiger partial charge in [-0.05, 0) is 0 Å². The Labute approximate surface area is 83.3 Å². The summed E-state index contributed by atoms with van der Waals surface area (Å²) in [6.45, 7) is -0.987. The SMILES string of the molecule is O=C(O)[C@](O)(OO)[C@@H](O)[C@H](O)[C@H](O)CO. The van der Waals surface area contributed by atoms with E-state index in [1.54, 1.807) is 0 Å². The average molecular weight is 228 g/mol. The van der Waals surface area contributed by atoms with E-state index in [9.17, 15) is 4.79 Å². The Bertz CT molecular complexity index is 219. The van der Waals surface area contributed by atoms with E-state index in [1.807, 2.05) is 0 Å². The smallest absolute Gasteiger partial charge is 0.370 e. The molecule has 4 atom stereocenters. The van der Waals surface area contributed by atoms with E-state index in [0.29, 0.717) is 0 Å². The summed E-state index contributed by atoms with van der Waals surface area (Å²) in [6, 6.07) is 0. The highest BCUT2D eigenvalue weighted by Crippen LogP contribution is 2.17. The third-order valence-corrected chi connectivity index (χ3v) is 1.75. The van der Waals surface area contributed by atoms with E-state index in [4.69, 9.17) is 35.9 Å². The zero-order valence-electron chi connectivity index (χ0n) is 7.39. The molecule has 0 bridgehead atoms. The number of aliphatic hydroxyl groups is 5. The molecule has 0 saturated carbocycles. The molecule has 7 N–H and O–H groups in total. The third-order valence-electron chi connectivity index (χ3n) is 1.75. The maximum atomic E-state index is 10.4. The summed E-state index contributed by atoms with van der Waals surface area (Å²) >= 11 is 0. The largest absolute Gasteiger partial charge is 0.477 e. The lowest BCUT2D eigenvalue weighted by Gasteiger charge is -2.30. The molecule has 0 heterocycles. The molecular weight excluding hydrogens is 216 g/mol. The van der Waals surface area contributed by atoms with E-state index in [1.165, 1.54) is 0 Å². The van der Waals surface area contributed by atoms with Crippen molar-refractivity contribution < 1.29 is 45.6 Å². The minimum atomic E-state index is -3.49. The number of carbonyl (C=O) groups is 1. The van der Waals surface area contributed by atoms with Crippen molar-refractivity contribution in [1.29, 1.82) is 0 Å². The van der Waals surface area contributed by atoms with Gasteiger partial charge in [0, 0.05) is 0 Å². The minimum Gasteiger partial charge on any atom is -0.477 e. The number of aliphatic hydroxyl groups excluding tert-OH is 4. The van der Waals surface area contributed by atoms with Crippen LogP contribution in [0.4, 0.5) is 0 Å². The molecule has 0 aromatic rings. The third kappa shape index (κ3) is 2.82. The van der Waals surface area contributed by atoms with Crippen molar-refractivity contribution in [3.63, 3.8) is 0 Å². The molecule has 0 aromatic carbocycles. The normalized spacial score (nSPS) is 21.5. The van der Waals surface area contributed by atoms with Gasteiger partial charge in [0.25, 0.3) is 0 Å². The van der Waals surface area contributed by atoms with Gasteiger partial charge in [-0.25, -0.2) is 10.1 Å². The first kappa shape index (κ1) is 14.2. The fourth-order valence-electron chi connectivity index (χ4n) is 0.769. The molecule has 0 unspecified atom stereocenters. The number of rotatable bonds is 6. The van der Waals surface area contributed by atoms with Crippen molar-refractivity contribution in [2.24, 2.45) is 0 Å². The molecule has 9 heteroatoms. The van der Waals surface area contributed by atoms with Crippen molar-refractivity contribution >= 4 is 5.97 Å². The lowest BCUT2D eigenvalue weighted by atomic mass is 10.0. The molecule has 0 fully saturated rings. The second kappa shape index (κ2) is 5.32. The van der Waals surface area contributed by atoms with Gasteiger partial charge < -0.3 is 30.6 Å². The first-order valence-electron chi connectivity index (χ1n) is 3.74. The van der Waals surface area contributed by atoms with Crippen LogP contribution in [0.5, 0.6) is 0 Å². The summed E-state index contributed by atoms with van der Waals surface area (Å²) in [7, 11) is 0. The Kier molecular flexibility index (Phi) is 5.03. The predicted octanol–water partition coefficient (Wildman–Crippen LogP) is -3.68. The molecular formula is C6H12O9. The topological polar surface area (TPSA) is 168 Å². The standard InChI is InChI=1S/C6H12O9/c7-1-2(8)3(9)4(10)6(13,15-14)5(11)12/h2-4,7-10,13-14H,1H2,(H,11,12)/t2-,3-,4+,6-/m1/s1. The fourth-order valence-corrected chi connectivity index (χ4v) is 0.769. The Morgan fingerprint density at radius 3 is 2.07 bits per heavy atom. The summed E-state index contributed by atoms with van der Waals surface area (Å²) in [4.78, 5) is 13.5. The Hall–Kier alpha value is -0.810. The lowest BCUT2D eigenvalue weighted by molar-refractivity contribution is -0.407. The molecule has 0 aliphatic heterocycles. The Balaban J connectivity index is 4.79. The predicted molar refractivity (Wildman–Crippen MR) is 41.4 cm³/mol. The van der Waals surface area contributed by atoms with Gasteiger partial charge in [-0.15, -0.1) is 0 Å². The van der Waals surface area contributed by atoms with E-state index < -0.39 is 36.7 Å². The summed E-state index contributed by atoms with van der Waals surface area (Å²) < 4.78 is 0. The van der Waals surface area contributed by atoms with Crippen LogP contribution in [0.3, 0.4) is 0 Å². The van der Waals surface area contributed by atoms with Crippen LogP contribution in [0.15, 0.2) is 0 Å². The van der Waals surface area contributed by atoms with E-state index in [0.717, 1.165) is 0 Å². The molecule has 15 heavy (non-hydrogen) atoms. The second-order valence-electron chi connectivity index (χ2n) is 2.78. The molecule has 0 saturated heterocycles. The zero-order valence-corrected chi connectivity index (χ0v) is 7.39. The molecule has 0 aliphatic rings. The van der Waals surface area contributed by atoms with Gasteiger partial charge in [0.05, 0.1) is 6.61 Å². The number of aliphatic carboxylic acids is 1. The number of hydrogen-bond acceptors (Lipinski definition) is 8. The van der Waals surface area contributed by atoms with Crippen LogP contribution in [0.25, 0.3) is 0 Å². The van der Waals surface area contributed by atoms with E-state index in [2.05, 4.69) is 4.89 Å². The number of carboxylic acids is 1. The van der Waals surface area contributed by atoms with E-state index in [-0.39, 0.29) is 0 Å². The number of hydrogen-bond donors (Lipinski definition) is 7. The Morgan fingerprint density at radius 2 is 1.80 bits per heavy atom.